The molecule has 0 saturated heterocycles. The minimum Gasteiger partial charge on any atom is -0.371 e. The van der Waals surface area contributed by atoms with E-state index in [9.17, 15) is 4.79 Å². The lowest BCUT2D eigenvalue weighted by atomic mass is 9.82. The van der Waals surface area contributed by atoms with Crippen LogP contribution in [0.4, 0.5) is 5.82 Å². The summed E-state index contributed by atoms with van der Waals surface area (Å²) in [6, 6.07) is 9.61. The predicted octanol–water partition coefficient (Wildman–Crippen LogP) is 3.89. The number of ketones is 1. The van der Waals surface area contributed by atoms with Crippen molar-refractivity contribution in [2.75, 3.05) is 12.4 Å². The molecule has 3 aromatic rings. The molecular formula is C20H20ClN5O. The number of hydrogen-bond donors (Lipinski definition) is 1. The van der Waals surface area contributed by atoms with Crippen molar-refractivity contribution in [3.8, 4) is 5.95 Å². The zero-order valence-electron chi connectivity index (χ0n) is 15.5. The van der Waals surface area contributed by atoms with Crippen LogP contribution in [0.1, 0.15) is 45.3 Å². The van der Waals surface area contributed by atoms with E-state index < -0.39 is 0 Å². The summed E-state index contributed by atoms with van der Waals surface area (Å²) in [6.45, 7) is 3.85. The summed E-state index contributed by atoms with van der Waals surface area (Å²) < 4.78 is 1.71. The first-order chi connectivity index (χ1) is 13.0. The zero-order chi connectivity index (χ0) is 19.1. The molecule has 1 aliphatic rings. The SMILES string of the molecule is CNc1nn(-c2nc(C)cc(C)n2)c2c1C(=O)C[C@@H](c1ccc(Cl)cc1)C2. The zero-order valence-corrected chi connectivity index (χ0v) is 16.2. The van der Waals surface area contributed by atoms with Crippen molar-refractivity contribution in [2.45, 2.75) is 32.6 Å². The maximum Gasteiger partial charge on any atom is 0.251 e. The van der Waals surface area contributed by atoms with Crippen LogP contribution >= 0.6 is 11.6 Å². The van der Waals surface area contributed by atoms with Crippen LogP contribution in [-0.2, 0) is 6.42 Å². The largest absolute Gasteiger partial charge is 0.371 e. The smallest absolute Gasteiger partial charge is 0.251 e. The molecule has 0 aliphatic heterocycles. The second-order valence-corrected chi connectivity index (χ2v) is 7.30. The van der Waals surface area contributed by atoms with E-state index >= 15 is 0 Å². The van der Waals surface area contributed by atoms with Gasteiger partial charge in [-0.25, -0.2) is 14.6 Å². The van der Waals surface area contributed by atoms with Gasteiger partial charge in [0.25, 0.3) is 5.95 Å². The van der Waals surface area contributed by atoms with Crippen LogP contribution in [0.15, 0.2) is 30.3 Å². The third-order valence-electron chi connectivity index (χ3n) is 4.87. The van der Waals surface area contributed by atoms with Gasteiger partial charge >= 0.3 is 0 Å². The van der Waals surface area contributed by atoms with Gasteiger partial charge in [-0.15, -0.1) is 5.10 Å². The van der Waals surface area contributed by atoms with Gasteiger partial charge in [-0.2, -0.15) is 0 Å². The van der Waals surface area contributed by atoms with Crippen molar-refractivity contribution in [1.29, 1.82) is 0 Å². The monoisotopic (exact) mass is 381 g/mol. The first-order valence-corrected chi connectivity index (χ1v) is 9.25. The van der Waals surface area contributed by atoms with Gasteiger partial charge in [0.15, 0.2) is 11.6 Å². The summed E-state index contributed by atoms with van der Waals surface area (Å²) in [5, 5.41) is 8.32. The van der Waals surface area contributed by atoms with Gasteiger partial charge in [-0.1, -0.05) is 23.7 Å². The Morgan fingerprint density at radius 1 is 1.11 bits per heavy atom. The lowest BCUT2D eigenvalue weighted by molar-refractivity contribution is 0.0964. The van der Waals surface area contributed by atoms with Gasteiger partial charge in [0, 0.05) is 29.9 Å². The Morgan fingerprint density at radius 3 is 2.41 bits per heavy atom. The van der Waals surface area contributed by atoms with Crippen molar-refractivity contribution in [2.24, 2.45) is 0 Å². The van der Waals surface area contributed by atoms with Gasteiger partial charge < -0.3 is 5.32 Å². The first kappa shape index (κ1) is 17.7. The van der Waals surface area contributed by atoms with Crippen LogP contribution in [0.25, 0.3) is 5.95 Å². The maximum atomic E-state index is 12.9. The van der Waals surface area contributed by atoms with E-state index in [1.807, 2.05) is 44.2 Å². The molecular weight excluding hydrogens is 362 g/mol. The molecule has 6 nitrogen and oxygen atoms in total. The normalized spacial score (nSPS) is 16.3. The number of hydrogen-bond acceptors (Lipinski definition) is 5. The molecule has 7 heteroatoms. The van der Waals surface area contributed by atoms with Crippen molar-refractivity contribution in [1.82, 2.24) is 19.7 Å². The molecule has 0 radical (unpaired) electrons. The lowest BCUT2D eigenvalue weighted by Gasteiger charge is -2.23. The van der Waals surface area contributed by atoms with E-state index in [1.54, 1.807) is 11.7 Å². The Balaban J connectivity index is 1.83. The van der Waals surface area contributed by atoms with Crippen LogP contribution in [0.3, 0.4) is 0 Å². The maximum absolute atomic E-state index is 12.9. The molecule has 0 bridgehead atoms. The molecule has 138 valence electrons. The van der Waals surface area contributed by atoms with Gasteiger partial charge in [-0.05, 0) is 49.9 Å². The number of carbonyl (C=O) groups excluding carboxylic acids is 1. The summed E-state index contributed by atoms with van der Waals surface area (Å²) in [6.07, 6.45) is 1.14. The van der Waals surface area contributed by atoms with Crippen LogP contribution in [-0.4, -0.2) is 32.6 Å². The van der Waals surface area contributed by atoms with E-state index in [-0.39, 0.29) is 11.7 Å². The average molecular weight is 382 g/mol. The summed E-state index contributed by atoms with van der Waals surface area (Å²) >= 11 is 6.01. The van der Waals surface area contributed by atoms with Crippen LogP contribution in [0.5, 0.6) is 0 Å². The van der Waals surface area contributed by atoms with Crippen molar-refractivity contribution >= 4 is 23.2 Å². The van der Waals surface area contributed by atoms with E-state index in [0.717, 1.165) is 22.6 Å². The molecule has 0 fully saturated rings. The van der Waals surface area contributed by atoms with Crippen molar-refractivity contribution < 1.29 is 4.79 Å². The molecule has 2 aromatic heterocycles. The third kappa shape index (κ3) is 3.21. The topological polar surface area (TPSA) is 72.7 Å². The number of halogens is 1. The summed E-state index contributed by atoms with van der Waals surface area (Å²) in [5.41, 5.74) is 4.32. The molecule has 0 unspecified atom stereocenters. The van der Waals surface area contributed by atoms with Gasteiger partial charge in [-0.3, -0.25) is 4.79 Å². The molecule has 1 aromatic carbocycles. The molecule has 1 aliphatic carbocycles. The standard InChI is InChI=1S/C20H20ClN5O/c1-11-8-12(2)24-20(23-11)26-16-9-14(13-4-6-15(21)7-5-13)10-17(27)18(16)19(22-3)25-26/h4-8,14H,9-10H2,1-3H3,(H,22,25)/t14-/m0/s1. The Kier molecular flexibility index (Phi) is 4.44. The highest BCUT2D eigenvalue weighted by atomic mass is 35.5. The minimum absolute atomic E-state index is 0.0772. The molecule has 0 saturated carbocycles. The molecule has 27 heavy (non-hydrogen) atoms. The van der Waals surface area contributed by atoms with Crippen LogP contribution in [0.2, 0.25) is 5.02 Å². The number of Topliss-reactive ketones (excluding diaryl/α,β-unsaturated/α-hetero) is 1. The Bertz CT molecular complexity index is 1010. The molecule has 4 rings (SSSR count). The number of fused-ring (bicyclic) bond motifs is 1. The minimum atomic E-state index is 0.0772. The van der Waals surface area contributed by atoms with E-state index in [1.165, 1.54) is 0 Å². The Morgan fingerprint density at radius 2 is 1.78 bits per heavy atom. The quantitative estimate of drug-likeness (QED) is 0.745. The Hall–Kier alpha value is -2.73. The highest BCUT2D eigenvalue weighted by molar-refractivity contribution is 6.30. The molecule has 1 N–H and O–H groups in total. The van der Waals surface area contributed by atoms with Crippen molar-refractivity contribution in [3.05, 3.63) is 63.6 Å². The summed E-state index contributed by atoms with van der Waals surface area (Å²) in [7, 11) is 1.77. The van der Waals surface area contributed by atoms with Gasteiger partial charge in [0.2, 0.25) is 0 Å². The third-order valence-corrected chi connectivity index (χ3v) is 5.12. The lowest BCUT2D eigenvalue weighted by Crippen LogP contribution is -2.21. The molecule has 1 atom stereocenters. The number of nitrogens with one attached hydrogen (secondary N) is 1. The van der Waals surface area contributed by atoms with E-state index in [4.69, 9.17) is 11.6 Å². The van der Waals surface area contributed by atoms with Crippen LogP contribution in [0, 0.1) is 13.8 Å². The van der Waals surface area contributed by atoms with Crippen molar-refractivity contribution in [3.63, 3.8) is 0 Å². The fourth-order valence-corrected chi connectivity index (χ4v) is 3.80. The second-order valence-electron chi connectivity index (χ2n) is 6.86. The number of benzene rings is 1. The predicted molar refractivity (Wildman–Crippen MR) is 105 cm³/mol. The fraction of sp³-hybridized carbons (Fsp3) is 0.300. The number of carbonyl (C=O) groups is 1. The number of nitrogens with zero attached hydrogens (tertiary/aromatic N) is 4. The number of anilines is 1. The summed E-state index contributed by atoms with van der Waals surface area (Å²) in [4.78, 5) is 22.0. The van der Waals surface area contributed by atoms with Gasteiger partial charge in [0.05, 0.1) is 11.3 Å². The van der Waals surface area contributed by atoms with Crippen LogP contribution < -0.4 is 5.32 Å². The Labute approximate surface area is 162 Å². The second kappa shape index (κ2) is 6.78. The average Bonchev–Trinajstić information content (AvgIpc) is 3.01. The van der Waals surface area contributed by atoms with E-state index in [0.29, 0.717) is 35.2 Å². The highest BCUT2D eigenvalue weighted by Crippen LogP contribution is 2.36. The summed E-state index contributed by atoms with van der Waals surface area (Å²) in [5.74, 6) is 1.23. The fourth-order valence-electron chi connectivity index (χ4n) is 3.68. The van der Waals surface area contributed by atoms with E-state index in [2.05, 4.69) is 20.4 Å². The number of aryl methyl sites for hydroxylation is 2. The first-order valence-electron chi connectivity index (χ1n) is 8.87. The number of rotatable bonds is 3. The molecule has 0 spiro atoms. The highest BCUT2D eigenvalue weighted by Gasteiger charge is 2.33. The number of aromatic nitrogens is 4. The molecule has 2 heterocycles. The molecule has 0 amide bonds. The van der Waals surface area contributed by atoms with Gasteiger partial charge in [0.1, 0.15) is 0 Å².